The summed E-state index contributed by atoms with van der Waals surface area (Å²) in [5.41, 5.74) is 1.53. The Hall–Kier alpha value is -2.54. The lowest BCUT2D eigenvalue weighted by Crippen LogP contribution is -2.09. The number of hydrogen-bond donors (Lipinski definition) is 1. The van der Waals surface area contributed by atoms with Gasteiger partial charge in [0, 0.05) is 6.20 Å². The van der Waals surface area contributed by atoms with E-state index in [-0.39, 0.29) is 0 Å². The second kappa shape index (κ2) is 5.22. The van der Waals surface area contributed by atoms with Crippen molar-refractivity contribution in [2.24, 2.45) is 0 Å². The molecule has 2 aromatic heterocycles. The molecule has 0 aliphatic carbocycles. The van der Waals surface area contributed by atoms with Gasteiger partial charge in [-0.1, -0.05) is 18.2 Å². The Morgan fingerprint density at radius 1 is 1.20 bits per heavy atom. The Morgan fingerprint density at radius 3 is 2.70 bits per heavy atom. The number of hydrogen-bond acceptors (Lipinski definition) is 5. The maximum atomic E-state index is 9.47. The van der Waals surface area contributed by atoms with Gasteiger partial charge in [0.1, 0.15) is 6.54 Å². The highest BCUT2D eigenvalue weighted by atomic mass is 16.3. The summed E-state index contributed by atoms with van der Waals surface area (Å²) in [4.78, 5) is 0. The van der Waals surface area contributed by atoms with E-state index in [0.29, 0.717) is 18.1 Å². The molecule has 7 nitrogen and oxygen atoms in total. The van der Waals surface area contributed by atoms with E-state index in [9.17, 15) is 5.11 Å². The standard InChI is InChI=1S/C13H14N6O/c1-10(20)12-7-8-18(15-12)9-13-14-16-17-19(13)11-5-3-2-4-6-11/h2-8,10,20H,9H2,1H3/t10-/m0/s1. The minimum atomic E-state index is -0.582. The highest BCUT2D eigenvalue weighted by Crippen LogP contribution is 2.10. The zero-order valence-corrected chi connectivity index (χ0v) is 11.0. The van der Waals surface area contributed by atoms with Gasteiger partial charge in [-0.25, -0.2) is 0 Å². The quantitative estimate of drug-likeness (QED) is 0.763. The Morgan fingerprint density at radius 2 is 2.00 bits per heavy atom. The van der Waals surface area contributed by atoms with Gasteiger partial charge in [-0.2, -0.15) is 9.78 Å². The SMILES string of the molecule is C[C@H](O)c1ccn(Cc2nnnn2-c2ccccc2)n1. The van der Waals surface area contributed by atoms with Gasteiger partial charge in [0.05, 0.1) is 17.5 Å². The van der Waals surface area contributed by atoms with Gasteiger partial charge in [-0.3, -0.25) is 4.68 Å². The van der Waals surface area contributed by atoms with E-state index < -0.39 is 6.10 Å². The third-order valence-electron chi connectivity index (χ3n) is 2.93. The molecule has 7 heteroatoms. The van der Waals surface area contributed by atoms with Crippen molar-refractivity contribution in [3.63, 3.8) is 0 Å². The van der Waals surface area contributed by atoms with E-state index in [1.54, 1.807) is 28.6 Å². The minimum Gasteiger partial charge on any atom is -0.387 e. The van der Waals surface area contributed by atoms with Gasteiger partial charge >= 0.3 is 0 Å². The fourth-order valence-electron chi connectivity index (χ4n) is 1.91. The first kappa shape index (κ1) is 12.5. The highest BCUT2D eigenvalue weighted by molar-refractivity contribution is 5.30. The maximum absolute atomic E-state index is 9.47. The summed E-state index contributed by atoms with van der Waals surface area (Å²) >= 11 is 0. The van der Waals surface area contributed by atoms with Crippen LogP contribution >= 0.6 is 0 Å². The van der Waals surface area contributed by atoms with Crippen LogP contribution in [0.15, 0.2) is 42.6 Å². The number of nitrogens with zero attached hydrogens (tertiary/aromatic N) is 6. The van der Waals surface area contributed by atoms with Crippen molar-refractivity contribution < 1.29 is 5.11 Å². The third-order valence-corrected chi connectivity index (χ3v) is 2.93. The van der Waals surface area contributed by atoms with Crippen molar-refractivity contribution in [3.8, 4) is 5.69 Å². The van der Waals surface area contributed by atoms with Gasteiger partial charge in [0.15, 0.2) is 5.82 Å². The molecule has 3 aromatic rings. The predicted molar refractivity (Wildman–Crippen MR) is 71.1 cm³/mol. The summed E-state index contributed by atoms with van der Waals surface area (Å²) < 4.78 is 3.37. The smallest absolute Gasteiger partial charge is 0.178 e. The van der Waals surface area contributed by atoms with E-state index in [4.69, 9.17) is 0 Å². The largest absolute Gasteiger partial charge is 0.387 e. The van der Waals surface area contributed by atoms with E-state index in [1.807, 2.05) is 30.3 Å². The summed E-state index contributed by atoms with van der Waals surface area (Å²) in [6.45, 7) is 2.12. The molecule has 102 valence electrons. The lowest BCUT2D eigenvalue weighted by molar-refractivity contribution is 0.193. The van der Waals surface area contributed by atoms with E-state index >= 15 is 0 Å². The number of aliphatic hydroxyl groups excluding tert-OH is 1. The zero-order chi connectivity index (χ0) is 13.9. The van der Waals surface area contributed by atoms with Crippen LogP contribution in [0.2, 0.25) is 0 Å². The Labute approximate surface area is 115 Å². The van der Waals surface area contributed by atoms with Crippen LogP contribution < -0.4 is 0 Å². The van der Waals surface area contributed by atoms with Crippen LogP contribution in [-0.2, 0) is 6.54 Å². The van der Waals surface area contributed by atoms with Crippen molar-refractivity contribution >= 4 is 0 Å². The second-order valence-corrected chi connectivity index (χ2v) is 4.46. The lowest BCUT2D eigenvalue weighted by Gasteiger charge is -2.04. The predicted octanol–water partition coefficient (Wildman–Crippen LogP) is 0.960. The molecule has 0 fully saturated rings. The number of rotatable bonds is 4. The number of aromatic nitrogens is 6. The summed E-state index contributed by atoms with van der Waals surface area (Å²) in [6, 6.07) is 11.5. The van der Waals surface area contributed by atoms with E-state index in [2.05, 4.69) is 20.6 Å². The molecule has 0 saturated carbocycles. The monoisotopic (exact) mass is 270 g/mol. The van der Waals surface area contributed by atoms with Crippen LogP contribution in [0.4, 0.5) is 0 Å². The van der Waals surface area contributed by atoms with Gasteiger partial charge in [0.2, 0.25) is 0 Å². The molecule has 0 bridgehead atoms. The molecule has 0 amide bonds. The zero-order valence-electron chi connectivity index (χ0n) is 11.0. The van der Waals surface area contributed by atoms with Crippen LogP contribution in [0.1, 0.15) is 24.5 Å². The molecule has 0 unspecified atom stereocenters. The summed E-state index contributed by atoms with van der Waals surface area (Å²) in [7, 11) is 0. The average molecular weight is 270 g/mol. The average Bonchev–Trinajstić information content (AvgIpc) is 3.09. The molecule has 2 heterocycles. The number of benzene rings is 1. The molecule has 0 aliphatic rings. The van der Waals surface area contributed by atoms with Crippen LogP contribution in [0.25, 0.3) is 5.69 Å². The summed E-state index contributed by atoms with van der Waals surface area (Å²) in [5.74, 6) is 0.677. The fraction of sp³-hybridized carbons (Fsp3) is 0.231. The Balaban J connectivity index is 1.87. The molecule has 1 aromatic carbocycles. The first-order chi connectivity index (χ1) is 9.74. The minimum absolute atomic E-state index is 0.439. The second-order valence-electron chi connectivity index (χ2n) is 4.46. The molecule has 1 N–H and O–H groups in total. The fourth-order valence-corrected chi connectivity index (χ4v) is 1.91. The van der Waals surface area contributed by atoms with Gasteiger partial charge < -0.3 is 5.11 Å². The van der Waals surface area contributed by atoms with Crippen LogP contribution in [-0.4, -0.2) is 35.1 Å². The molecule has 3 rings (SSSR count). The first-order valence-corrected chi connectivity index (χ1v) is 6.28. The molecule has 0 radical (unpaired) electrons. The Bertz CT molecular complexity index is 688. The van der Waals surface area contributed by atoms with E-state index in [0.717, 1.165) is 5.69 Å². The molecule has 20 heavy (non-hydrogen) atoms. The summed E-state index contributed by atoms with van der Waals surface area (Å²) in [5, 5.41) is 25.5. The van der Waals surface area contributed by atoms with Crippen molar-refractivity contribution in [1.29, 1.82) is 0 Å². The van der Waals surface area contributed by atoms with E-state index in [1.165, 1.54) is 0 Å². The number of aliphatic hydroxyl groups is 1. The first-order valence-electron chi connectivity index (χ1n) is 6.28. The number of tetrazole rings is 1. The molecule has 0 spiro atoms. The van der Waals surface area contributed by atoms with Crippen LogP contribution in [0, 0.1) is 0 Å². The molecule has 0 saturated heterocycles. The molecular formula is C13H14N6O. The summed E-state index contributed by atoms with van der Waals surface area (Å²) in [6.07, 6.45) is 1.22. The van der Waals surface area contributed by atoms with Crippen molar-refractivity contribution in [2.45, 2.75) is 19.6 Å². The highest BCUT2D eigenvalue weighted by Gasteiger charge is 2.10. The van der Waals surface area contributed by atoms with Crippen molar-refractivity contribution in [2.75, 3.05) is 0 Å². The lowest BCUT2D eigenvalue weighted by atomic mass is 10.3. The van der Waals surface area contributed by atoms with Crippen LogP contribution in [0.3, 0.4) is 0 Å². The maximum Gasteiger partial charge on any atom is 0.178 e. The van der Waals surface area contributed by atoms with Gasteiger partial charge in [0.25, 0.3) is 0 Å². The number of para-hydroxylation sites is 1. The van der Waals surface area contributed by atoms with Crippen LogP contribution in [0.5, 0.6) is 0 Å². The van der Waals surface area contributed by atoms with Gasteiger partial charge in [-0.05, 0) is 35.5 Å². The molecular weight excluding hydrogens is 256 g/mol. The molecule has 0 aliphatic heterocycles. The van der Waals surface area contributed by atoms with Gasteiger partial charge in [-0.15, -0.1) is 5.10 Å². The topological polar surface area (TPSA) is 81.6 Å². The van der Waals surface area contributed by atoms with Crippen molar-refractivity contribution in [1.82, 2.24) is 30.0 Å². The Kier molecular flexibility index (Phi) is 3.26. The normalized spacial score (nSPS) is 12.5. The molecule has 1 atom stereocenters. The third kappa shape index (κ3) is 2.43. The van der Waals surface area contributed by atoms with Crippen molar-refractivity contribution in [3.05, 3.63) is 54.1 Å².